The first-order chi connectivity index (χ1) is 20.8. The van der Waals surface area contributed by atoms with Gasteiger partial charge in [-0.1, -0.05) is 24.3 Å². The molecule has 1 saturated carbocycles. The van der Waals surface area contributed by atoms with E-state index in [-0.39, 0.29) is 24.3 Å². The maximum atomic E-state index is 13.4. The number of primary amides is 1. The van der Waals surface area contributed by atoms with Crippen LogP contribution in [0, 0.1) is 6.92 Å². The van der Waals surface area contributed by atoms with Crippen LogP contribution < -0.4 is 33.2 Å². The number of hydrogen-bond donors (Lipinski definition) is 7. The van der Waals surface area contributed by atoms with Crippen molar-refractivity contribution in [2.75, 3.05) is 6.54 Å². The normalized spacial score (nSPS) is 12.8. The number of carboxylic acid groups (broad SMARTS) is 1. The number of aliphatic carboxylic acids is 1. The van der Waals surface area contributed by atoms with Crippen molar-refractivity contribution in [3.05, 3.63) is 64.5 Å². The molecule has 0 saturated heterocycles. The monoisotopic (exact) mass is 607 g/mol. The number of benzene rings is 2. The van der Waals surface area contributed by atoms with E-state index in [9.17, 15) is 14.4 Å². The number of rotatable bonds is 12. The fourth-order valence-electron chi connectivity index (χ4n) is 4.60. The minimum Gasteiger partial charge on any atom is -0.481 e. The molecule has 2 aromatic carbocycles. The number of nitrogens with zero attached hydrogens (tertiary/aromatic N) is 3. The number of hydrogen-bond acceptors (Lipinski definition) is 6. The number of carbonyl (C=O) groups is 4. The Morgan fingerprint density at radius 2 is 1.64 bits per heavy atom. The van der Waals surface area contributed by atoms with E-state index >= 15 is 0 Å². The van der Waals surface area contributed by atoms with Crippen LogP contribution in [-0.4, -0.2) is 57.0 Å². The van der Waals surface area contributed by atoms with Crippen molar-refractivity contribution in [3.63, 3.8) is 0 Å². The Kier molecular flexibility index (Phi) is 11.7. The molecule has 3 aromatic rings. The summed E-state index contributed by atoms with van der Waals surface area (Å²) < 4.78 is 2.06. The van der Waals surface area contributed by atoms with E-state index in [0.29, 0.717) is 37.4 Å². The molecule has 1 aliphatic rings. The summed E-state index contributed by atoms with van der Waals surface area (Å²) in [7, 11) is 1.98. The highest BCUT2D eigenvalue weighted by molar-refractivity contribution is 6.00. The van der Waals surface area contributed by atoms with Crippen LogP contribution in [0.2, 0.25) is 0 Å². The molecule has 0 spiro atoms. The Morgan fingerprint density at radius 1 is 1.05 bits per heavy atom. The van der Waals surface area contributed by atoms with Gasteiger partial charge < -0.3 is 42.8 Å². The highest BCUT2D eigenvalue weighted by Gasteiger charge is 2.29. The molecule has 1 fully saturated rings. The van der Waals surface area contributed by atoms with Crippen LogP contribution in [0.3, 0.4) is 0 Å². The molecule has 14 heteroatoms. The first kappa shape index (κ1) is 33.4. The molecule has 0 radical (unpaired) electrons. The smallest absolute Gasteiger partial charge is 0.312 e. The van der Waals surface area contributed by atoms with Gasteiger partial charge in [0.15, 0.2) is 5.96 Å². The molecule has 1 aromatic heterocycles. The largest absolute Gasteiger partial charge is 0.481 e. The van der Waals surface area contributed by atoms with Crippen LogP contribution in [0.4, 0.5) is 4.79 Å². The van der Waals surface area contributed by atoms with Crippen LogP contribution in [0.1, 0.15) is 71.4 Å². The van der Waals surface area contributed by atoms with E-state index in [1.54, 1.807) is 0 Å². The first-order valence-corrected chi connectivity index (χ1v) is 14.3. The molecule has 1 atom stereocenters. The van der Waals surface area contributed by atoms with Crippen LogP contribution in [0.25, 0.3) is 11.0 Å². The van der Waals surface area contributed by atoms with Gasteiger partial charge in [-0.25, -0.2) is 9.78 Å². The molecule has 44 heavy (non-hydrogen) atoms. The number of urea groups is 1. The topological polar surface area (TPSA) is 233 Å². The minimum atomic E-state index is -0.833. The van der Waals surface area contributed by atoms with Crippen molar-refractivity contribution in [3.8, 4) is 0 Å². The van der Waals surface area contributed by atoms with Gasteiger partial charge in [0.05, 0.1) is 11.0 Å². The zero-order valence-corrected chi connectivity index (χ0v) is 25.2. The number of nitrogens with two attached hydrogens (primary N) is 3. The summed E-state index contributed by atoms with van der Waals surface area (Å²) in [5.74, 6) is 0.0181. The van der Waals surface area contributed by atoms with E-state index < -0.39 is 18.0 Å². The van der Waals surface area contributed by atoms with Crippen LogP contribution in [0.15, 0.2) is 41.4 Å². The Balaban J connectivity index is 0.00000124. The Morgan fingerprint density at radius 3 is 2.18 bits per heavy atom. The average molecular weight is 608 g/mol. The molecule has 236 valence electrons. The Bertz CT molecular complexity index is 1520. The van der Waals surface area contributed by atoms with Crippen molar-refractivity contribution >= 4 is 40.8 Å². The summed E-state index contributed by atoms with van der Waals surface area (Å²) in [6.07, 6.45) is 3.13. The molecule has 0 bridgehead atoms. The zero-order chi connectivity index (χ0) is 32.4. The average Bonchev–Trinajstić information content (AvgIpc) is 3.75. The van der Waals surface area contributed by atoms with Gasteiger partial charge >= 0.3 is 6.03 Å². The van der Waals surface area contributed by atoms with Gasteiger partial charge in [0.2, 0.25) is 5.91 Å². The third-order valence-corrected chi connectivity index (χ3v) is 6.94. The number of imidazole rings is 1. The van der Waals surface area contributed by atoms with E-state index in [1.165, 1.54) is 0 Å². The van der Waals surface area contributed by atoms with E-state index in [1.807, 2.05) is 50.4 Å². The van der Waals surface area contributed by atoms with Crippen LogP contribution in [0.5, 0.6) is 0 Å². The first-order valence-electron chi connectivity index (χ1n) is 14.3. The van der Waals surface area contributed by atoms with Crippen LogP contribution in [-0.2, 0) is 29.7 Å². The van der Waals surface area contributed by atoms with Gasteiger partial charge in [0.1, 0.15) is 11.9 Å². The summed E-state index contributed by atoms with van der Waals surface area (Å²) in [6, 6.07) is 9.66. The van der Waals surface area contributed by atoms with Gasteiger partial charge in [-0.2, -0.15) is 0 Å². The van der Waals surface area contributed by atoms with Gasteiger partial charge in [0, 0.05) is 45.1 Å². The number of amides is 4. The standard InChI is InChI=1S/C28H37N9O3.C2H4O2/c1-16-12-20(13-22-23(16)36-24(37(22)2)19-9-10-19)25(38)35-21(4-3-11-32-27(29)30)26(39)33-14-17-5-7-18(8-6-17)15-34-28(31)40;1-2(3)4/h5-8,12-13,19,21H,3-4,9-11,14-15H2,1-2H3,(H,33,39)(H,35,38)(H4,29,30,32)(H3,31,34,40);1H3,(H,3,4)/t21-;/m1./s1. The second-order valence-electron chi connectivity index (χ2n) is 10.7. The van der Waals surface area contributed by atoms with Crippen molar-refractivity contribution in [2.24, 2.45) is 29.2 Å². The summed E-state index contributed by atoms with van der Waals surface area (Å²) >= 11 is 0. The van der Waals surface area contributed by atoms with Gasteiger partial charge in [-0.15, -0.1) is 0 Å². The fourth-order valence-corrected chi connectivity index (χ4v) is 4.60. The SMILES string of the molecule is CC(=O)O.Cc1cc(C(=O)N[C@H](CCCN=C(N)N)C(=O)NCc2ccc(CNC(N)=O)cc2)cc2c1nc(C1CC1)n2C. The number of aryl methyl sites for hydroxylation is 2. The number of aliphatic imine (C=N–C) groups is 1. The minimum absolute atomic E-state index is 0.0231. The maximum Gasteiger partial charge on any atom is 0.312 e. The molecule has 0 aliphatic heterocycles. The third kappa shape index (κ3) is 10.00. The molecule has 4 amide bonds. The number of carboxylic acids is 1. The zero-order valence-electron chi connectivity index (χ0n) is 25.2. The lowest BCUT2D eigenvalue weighted by atomic mass is 10.1. The Labute approximate surface area is 255 Å². The second kappa shape index (κ2) is 15.4. The number of guanidine groups is 1. The van der Waals surface area contributed by atoms with Crippen molar-refractivity contribution in [2.45, 2.75) is 64.6 Å². The number of carbonyl (C=O) groups excluding carboxylic acids is 3. The Hall–Kier alpha value is -5.14. The van der Waals surface area contributed by atoms with E-state index in [2.05, 4.69) is 25.5 Å². The molecule has 1 aliphatic carbocycles. The predicted octanol–water partition coefficient (Wildman–Crippen LogP) is 1.49. The molecule has 1 heterocycles. The maximum absolute atomic E-state index is 13.4. The van der Waals surface area contributed by atoms with Gasteiger partial charge in [-0.05, 0) is 61.4 Å². The lowest BCUT2D eigenvalue weighted by Gasteiger charge is -2.19. The van der Waals surface area contributed by atoms with Crippen molar-refractivity contribution in [1.82, 2.24) is 25.5 Å². The molecule has 14 nitrogen and oxygen atoms in total. The quantitative estimate of drug-likeness (QED) is 0.0903. The lowest BCUT2D eigenvalue weighted by molar-refractivity contribution is -0.134. The molecule has 0 unspecified atom stereocenters. The summed E-state index contributed by atoms with van der Waals surface area (Å²) in [4.78, 5) is 55.2. The van der Waals surface area contributed by atoms with Crippen molar-refractivity contribution in [1.29, 1.82) is 0 Å². The molecule has 4 rings (SSSR count). The van der Waals surface area contributed by atoms with Gasteiger partial charge in [-0.3, -0.25) is 19.4 Å². The number of nitrogens with one attached hydrogen (secondary N) is 3. The highest BCUT2D eigenvalue weighted by atomic mass is 16.4. The molecular formula is C30H41N9O5. The van der Waals surface area contributed by atoms with Crippen LogP contribution >= 0.6 is 0 Å². The predicted molar refractivity (Wildman–Crippen MR) is 167 cm³/mol. The highest BCUT2D eigenvalue weighted by Crippen LogP contribution is 2.40. The summed E-state index contributed by atoms with van der Waals surface area (Å²) in [5.41, 5.74) is 20.9. The van der Waals surface area contributed by atoms with E-state index in [0.717, 1.165) is 53.3 Å². The number of aromatic nitrogens is 2. The second-order valence-corrected chi connectivity index (χ2v) is 10.7. The fraction of sp³-hybridized carbons (Fsp3) is 0.400. The molecular weight excluding hydrogens is 566 g/mol. The number of fused-ring (bicyclic) bond motifs is 1. The van der Waals surface area contributed by atoms with Gasteiger partial charge in [0.25, 0.3) is 11.9 Å². The summed E-state index contributed by atoms with van der Waals surface area (Å²) in [6.45, 7) is 3.95. The molecule has 10 N–H and O–H groups in total. The summed E-state index contributed by atoms with van der Waals surface area (Å²) in [5, 5.41) is 15.8. The van der Waals surface area contributed by atoms with E-state index in [4.69, 9.17) is 32.1 Å². The lowest BCUT2D eigenvalue weighted by Crippen LogP contribution is -2.46. The van der Waals surface area contributed by atoms with Crippen molar-refractivity contribution < 1.29 is 24.3 Å². The third-order valence-electron chi connectivity index (χ3n) is 6.94.